The summed E-state index contributed by atoms with van der Waals surface area (Å²) in [7, 11) is 0. The van der Waals surface area contributed by atoms with Gasteiger partial charge in [-0.3, -0.25) is 0 Å². The maximum absolute atomic E-state index is 4.57. The number of rotatable bonds is 3. The molecule has 2 heteroatoms. The molecule has 1 aliphatic heterocycles. The predicted molar refractivity (Wildman–Crippen MR) is 78.8 cm³/mol. The summed E-state index contributed by atoms with van der Waals surface area (Å²) in [6.07, 6.45) is 7.04. The van der Waals surface area contributed by atoms with E-state index in [4.69, 9.17) is 0 Å². The fourth-order valence-electron chi connectivity index (χ4n) is 3.47. The topological polar surface area (TPSA) is 3.24 Å². The van der Waals surface area contributed by atoms with Gasteiger partial charge in [-0.25, -0.2) is 0 Å². The van der Waals surface area contributed by atoms with E-state index < -0.39 is 0 Å². The average Bonchev–Trinajstić information content (AvgIpc) is 2.23. The van der Waals surface area contributed by atoms with Gasteiger partial charge in [0.05, 0.1) is 0 Å². The van der Waals surface area contributed by atoms with Crippen molar-refractivity contribution in [3.63, 3.8) is 0 Å². The van der Waals surface area contributed by atoms with Crippen LogP contribution in [0.3, 0.4) is 0 Å². The zero-order chi connectivity index (χ0) is 12.5. The molecule has 0 aromatic heterocycles. The van der Waals surface area contributed by atoms with Gasteiger partial charge in [-0.05, 0) is 61.3 Å². The first-order chi connectivity index (χ1) is 7.95. The van der Waals surface area contributed by atoms with Crippen molar-refractivity contribution in [2.24, 2.45) is 16.7 Å². The quantitative estimate of drug-likeness (QED) is 0.750. The number of likely N-dealkylation sites (tertiary alicyclic amines) is 1. The Labute approximate surface area is 113 Å². The normalized spacial score (nSPS) is 26.8. The first-order valence-corrected chi connectivity index (χ1v) is 7.92. The summed E-state index contributed by atoms with van der Waals surface area (Å²) in [4.78, 5) is 2.71. The highest BCUT2D eigenvalue weighted by Gasteiger charge is 2.38. The van der Waals surface area contributed by atoms with Crippen LogP contribution in [0, 0.1) is 16.7 Å². The second kappa shape index (κ2) is 5.13. The van der Waals surface area contributed by atoms with Crippen LogP contribution in [0.25, 0.3) is 0 Å². The van der Waals surface area contributed by atoms with E-state index in [0.29, 0.717) is 10.8 Å². The number of piperidine rings is 1. The molecule has 2 fully saturated rings. The summed E-state index contributed by atoms with van der Waals surface area (Å²) in [6.45, 7) is 11.1. The Hall–Kier alpha value is 0.310. The molecule has 0 atom stereocenters. The second-order valence-corrected chi connectivity index (χ2v) is 7.74. The van der Waals surface area contributed by atoms with Gasteiger partial charge in [0.15, 0.2) is 0 Å². The smallest absolute Gasteiger partial charge is 0.00458 e. The van der Waals surface area contributed by atoms with Crippen LogP contribution in [0.4, 0.5) is 0 Å². The van der Waals surface area contributed by atoms with Crippen LogP contribution < -0.4 is 0 Å². The van der Waals surface area contributed by atoms with Gasteiger partial charge in [0.25, 0.3) is 0 Å². The largest absolute Gasteiger partial charge is 0.303 e. The molecule has 0 aromatic rings. The lowest BCUT2D eigenvalue weighted by atomic mass is 9.69. The van der Waals surface area contributed by atoms with Crippen LogP contribution in [0.1, 0.15) is 52.9 Å². The van der Waals surface area contributed by atoms with Gasteiger partial charge < -0.3 is 4.90 Å². The molecule has 1 saturated heterocycles. The van der Waals surface area contributed by atoms with Gasteiger partial charge >= 0.3 is 0 Å². The van der Waals surface area contributed by atoms with Crippen LogP contribution in [-0.2, 0) is 0 Å². The van der Waals surface area contributed by atoms with Crippen molar-refractivity contribution in [1.29, 1.82) is 0 Å². The van der Waals surface area contributed by atoms with Crippen molar-refractivity contribution in [3.05, 3.63) is 0 Å². The van der Waals surface area contributed by atoms with Crippen molar-refractivity contribution in [2.75, 3.05) is 25.4 Å². The summed E-state index contributed by atoms with van der Waals surface area (Å²) in [5.41, 5.74) is 1.08. The van der Waals surface area contributed by atoms with E-state index in [1.165, 1.54) is 51.7 Å². The average molecular weight is 255 g/mol. The van der Waals surface area contributed by atoms with Gasteiger partial charge in [0.2, 0.25) is 0 Å². The molecule has 1 aliphatic carbocycles. The van der Waals surface area contributed by atoms with Crippen molar-refractivity contribution in [3.8, 4) is 0 Å². The summed E-state index contributed by atoms with van der Waals surface area (Å²) in [5.74, 6) is 2.01. The lowest BCUT2D eigenvalue weighted by molar-refractivity contribution is 0.0481. The molecule has 0 aromatic carbocycles. The lowest BCUT2D eigenvalue weighted by Crippen LogP contribution is -2.47. The molecular formula is C15H29NS. The maximum atomic E-state index is 4.57. The summed E-state index contributed by atoms with van der Waals surface area (Å²) < 4.78 is 0. The highest BCUT2D eigenvalue weighted by molar-refractivity contribution is 7.80. The van der Waals surface area contributed by atoms with Crippen molar-refractivity contribution >= 4 is 12.6 Å². The Morgan fingerprint density at radius 3 is 2.12 bits per heavy atom. The number of thiol groups is 1. The summed E-state index contributed by atoms with van der Waals surface area (Å²) >= 11 is 4.57. The van der Waals surface area contributed by atoms with Crippen LogP contribution in [0.2, 0.25) is 0 Å². The number of hydrogen-bond donors (Lipinski definition) is 1. The molecule has 2 rings (SSSR count). The fraction of sp³-hybridized carbons (Fsp3) is 1.00. The Morgan fingerprint density at radius 1 is 1.18 bits per heavy atom. The van der Waals surface area contributed by atoms with Gasteiger partial charge in [-0.15, -0.1) is 0 Å². The first kappa shape index (κ1) is 13.7. The van der Waals surface area contributed by atoms with Crippen molar-refractivity contribution in [2.45, 2.75) is 52.9 Å². The van der Waals surface area contributed by atoms with Crippen LogP contribution in [-0.4, -0.2) is 30.3 Å². The number of hydrogen-bond acceptors (Lipinski definition) is 2. The van der Waals surface area contributed by atoms with E-state index in [1.807, 2.05) is 0 Å². The third-order valence-corrected chi connectivity index (χ3v) is 5.79. The molecule has 1 heterocycles. The van der Waals surface area contributed by atoms with Crippen molar-refractivity contribution < 1.29 is 0 Å². The van der Waals surface area contributed by atoms with E-state index in [2.05, 4.69) is 38.3 Å². The standard InChI is InChI=1S/C15H29NS/c1-14(2,3)13-5-9-16(10-6-13)11-15(12-17)7-4-8-15/h13,17H,4-12H2,1-3H3. The first-order valence-electron chi connectivity index (χ1n) is 7.28. The lowest BCUT2D eigenvalue weighted by Gasteiger charge is -2.47. The monoisotopic (exact) mass is 255 g/mol. The number of nitrogens with zero attached hydrogens (tertiary/aromatic N) is 1. The van der Waals surface area contributed by atoms with E-state index in [1.54, 1.807) is 0 Å². The van der Waals surface area contributed by atoms with Gasteiger partial charge in [-0.1, -0.05) is 27.2 Å². The molecule has 0 radical (unpaired) electrons. The minimum atomic E-state index is 0.504. The molecule has 1 nitrogen and oxygen atoms in total. The van der Waals surface area contributed by atoms with Gasteiger partial charge in [0, 0.05) is 6.54 Å². The van der Waals surface area contributed by atoms with E-state index in [9.17, 15) is 0 Å². The predicted octanol–water partition coefficient (Wildman–Crippen LogP) is 3.84. The SMILES string of the molecule is CC(C)(C)C1CCN(CC2(CS)CCC2)CC1. The molecule has 0 spiro atoms. The minimum absolute atomic E-state index is 0.504. The molecule has 2 aliphatic rings. The fourth-order valence-corrected chi connectivity index (χ4v) is 3.89. The van der Waals surface area contributed by atoms with Gasteiger partial charge in [0.1, 0.15) is 0 Å². The second-order valence-electron chi connectivity index (χ2n) is 7.43. The molecule has 100 valence electrons. The van der Waals surface area contributed by atoms with Gasteiger partial charge in [-0.2, -0.15) is 12.6 Å². The minimum Gasteiger partial charge on any atom is -0.303 e. The molecule has 0 bridgehead atoms. The highest BCUT2D eigenvalue weighted by atomic mass is 32.1. The van der Waals surface area contributed by atoms with Crippen LogP contribution in [0.15, 0.2) is 0 Å². The summed E-state index contributed by atoms with van der Waals surface area (Å²) in [5, 5.41) is 0. The van der Waals surface area contributed by atoms with E-state index in [-0.39, 0.29) is 0 Å². The zero-order valence-corrected chi connectivity index (χ0v) is 12.7. The maximum Gasteiger partial charge on any atom is 0.00458 e. The molecule has 0 unspecified atom stereocenters. The van der Waals surface area contributed by atoms with Crippen LogP contribution in [0.5, 0.6) is 0 Å². The molecule has 17 heavy (non-hydrogen) atoms. The van der Waals surface area contributed by atoms with Crippen LogP contribution >= 0.6 is 12.6 Å². The van der Waals surface area contributed by atoms with E-state index in [0.717, 1.165) is 11.7 Å². The Bertz CT molecular complexity index is 239. The molecule has 1 saturated carbocycles. The van der Waals surface area contributed by atoms with E-state index >= 15 is 0 Å². The highest BCUT2D eigenvalue weighted by Crippen LogP contribution is 2.43. The summed E-state index contributed by atoms with van der Waals surface area (Å²) in [6, 6.07) is 0. The molecular weight excluding hydrogens is 226 g/mol. The van der Waals surface area contributed by atoms with Crippen molar-refractivity contribution in [1.82, 2.24) is 4.90 Å². The Morgan fingerprint density at radius 2 is 1.76 bits per heavy atom. The zero-order valence-electron chi connectivity index (χ0n) is 11.8. The molecule has 0 N–H and O–H groups in total. The third kappa shape index (κ3) is 3.20. The molecule has 0 amide bonds. The Kier molecular flexibility index (Phi) is 4.14. The Balaban J connectivity index is 1.79. The third-order valence-electron chi connectivity index (χ3n) is 5.12.